The lowest BCUT2D eigenvalue weighted by atomic mass is 10.1. The van der Waals surface area contributed by atoms with Crippen LogP contribution >= 0.6 is 11.6 Å². The summed E-state index contributed by atoms with van der Waals surface area (Å²) in [7, 11) is 1.82. The third-order valence-corrected chi connectivity index (χ3v) is 2.66. The van der Waals surface area contributed by atoms with Gasteiger partial charge in [0.15, 0.2) is 0 Å². The lowest BCUT2D eigenvalue weighted by Crippen LogP contribution is -1.97. The average molecular weight is 222 g/mol. The van der Waals surface area contributed by atoms with Crippen LogP contribution in [0.15, 0.2) is 30.3 Å². The molecule has 3 nitrogen and oxygen atoms in total. The number of benzene rings is 1. The number of nitrogens with two attached hydrogens (primary N) is 1. The molecule has 0 bridgehead atoms. The van der Waals surface area contributed by atoms with Gasteiger partial charge in [-0.1, -0.05) is 29.8 Å². The molecule has 4 heteroatoms. The highest BCUT2D eigenvalue weighted by Gasteiger charge is 2.05. The van der Waals surface area contributed by atoms with Crippen LogP contribution in [0.4, 0.5) is 5.82 Å². The van der Waals surface area contributed by atoms with Crippen molar-refractivity contribution < 1.29 is 0 Å². The number of nitrogens with zero attached hydrogens (tertiary/aromatic N) is 2. The van der Waals surface area contributed by atoms with Crippen LogP contribution in [0.1, 0.15) is 11.3 Å². The van der Waals surface area contributed by atoms with Crippen LogP contribution in [0.5, 0.6) is 0 Å². The molecular formula is C11H12ClN3. The maximum atomic E-state index is 6.05. The van der Waals surface area contributed by atoms with Gasteiger partial charge in [-0.25, -0.2) is 0 Å². The summed E-state index contributed by atoms with van der Waals surface area (Å²) in [5.41, 5.74) is 7.70. The van der Waals surface area contributed by atoms with Crippen LogP contribution in [-0.4, -0.2) is 9.78 Å². The minimum Gasteiger partial charge on any atom is -0.384 e. The molecular weight excluding hydrogens is 210 g/mol. The quantitative estimate of drug-likeness (QED) is 0.846. The number of aromatic nitrogens is 2. The molecule has 0 amide bonds. The minimum absolute atomic E-state index is 0.664. The highest BCUT2D eigenvalue weighted by Crippen LogP contribution is 2.18. The number of halogens is 1. The first-order valence-corrected chi connectivity index (χ1v) is 5.06. The van der Waals surface area contributed by atoms with Crippen molar-refractivity contribution in [2.45, 2.75) is 6.42 Å². The SMILES string of the molecule is Cn1nc(Cc2ccccc2Cl)cc1N. The van der Waals surface area contributed by atoms with Crippen molar-refractivity contribution in [3.05, 3.63) is 46.6 Å². The maximum absolute atomic E-state index is 6.05. The lowest BCUT2D eigenvalue weighted by Gasteiger charge is -2.00. The average Bonchev–Trinajstić information content (AvgIpc) is 2.50. The van der Waals surface area contributed by atoms with Crippen LogP contribution in [0.3, 0.4) is 0 Å². The van der Waals surface area contributed by atoms with E-state index in [9.17, 15) is 0 Å². The van der Waals surface area contributed by atoms with Gasteiger partial charge in [-0.15, -0.1) is 0 Å². The fraction of sp³-hybridized carbons (Fsp3) is 0.182. The number of aryl methyl sites for hydroxylation is 1. The molecule has 2 aromatic rings. The standard InChI is InChI=1S/C11H12ClN3/c1-15-11(13)7-9(14-15)6-8-4-2-3-5-10(8)12/h2-5,7H,6,13H2,1H3. The van der Waals surface area contributed by atoms with E-state index in [4.69, 9.17) is 17.3 Å². The van der Waals surface area contributed by atoms with E-state index < -0.39 is 0 Å². The molecule has 0 fully saturated rings. The molecule has 0 aliphatic carbocycles. The molecule has 1 aromatic heterocycles. The maximum Gasteiger partial charge on any atom is 0.121 e. The van der Waals surface area contributed by atoms with Crippen molar-refractivity contribution in [2.24, 2.45) is 7.05 Å². The van der Waals surface area contributed by atoms with Crippen molar-refractivity contribution in [1.29, 1.82) is 0 Å². The Hall–Kier alpha value is -1.48. The molecule has 0 saturated heterocycles. The van der Waals surface area contributed by atoms with Crippen molar-refractivity contribution in [3.63, 3.8) is 0 Å². The second-order valence-electron chi connectivity index (χ2n) is 3.45. The number of hydrogen-bond donors (Lipinski definition) is 1. The highest BCUT2D eigenvalue weighted by molar-refractivity contribution is 6.31. The molecule has 0 aliphatic heterocycles. The van der Waals surface area contributed by atoms with E-state index in [-0.39, 0.29) is 0 Å². The first kappa shape index (κ1) is 10.1. The van der Waals surface area contributed by atoms with Crippen LogP contribution in [0, 0.1) is 0 Å². The van der Waals surface area contributed by atoms with Gasteiger partial charge >= 0.3 is 0 Å². The topological polar surface area (TPSA) is 43.8 Å². The van der Waals surface area contributed by atoms with E-state index in [2.05, 4.69) is 5.10 Å². The van der Waals surface area contributed by atoms with Crippen LogP contribution in [-0.2, 0) is 13.5 Å². The van der Waals surface area contributed by atoms with E-state index in [0.717, 1.165) is 16.3 Å². The van der Waals surface area contributed by atoms with Crippen molar-refractivity contribution in [3.8, 4) is 0 Å². The van der Waals surface area contributed by atoms with Crippen LogP contribution in [0.25, 0.3) is 0 Å². The highest BCUT2D eigenvalue weighted by atomic mass is 35.5. The smallest absolute Gasteiger partial charge is 0.121 e. The van der Waals surface area contributed by atoms with Gasteiger partial charge in [0.2, 0.25) is 0 Å². The van der Waals surface area contributed by atoms with Gasteiger partial charge in [0.05, 0.1) is 5.69 Å². The molecule has 1 heterocycles. The number of hydrogen-bond acceptors (Lipinski definition) is 2. The Morgan fingerprint density at radius 1 is 1.40 bits per heavy atom. The zero-order chi connectivity index (χ0) is 10.8. The van der Waals surface area contributed by atoms with Gasteiger partial charge in [0, 0.05) is 24.6 Å². The molecule has 2 rings (SSSR count). The largest absolute Gasteiger partial charge is 0.384 e. The van der Waals surface area contributed by atoms with Gasteiger partial charge in [0.25, 0.3) is 0 Å². The van der Waals surface area contributed by atoms with Crippen LogP contribution in [0.2, 0.25) is 5.02 Å². The van der Waals surface area contributed by atoms with E-state index in [1.165, 1.54) is 0 Å². The van der Waals surface area contributed by atoms with Gasteiger partial charge in [-0.2, -0.15) is 5.10 Å². The van der Waals surface area contributed by atoms with Crippen molar-refractivity contribution in [1.82, 2.24) is 9.78 Å². The molecule has 0 spiro atoms. The molecule has 78 valence electrons. The zero-order valence-corrected chi connectivity index (χ0v) is 9.20. The summed E-state index contributed by atoms with van der Waals surface area (Å²) < 4.78 is 1.66. The molecule has 2 N–H and O–H groups in total. The van der Waals surface area contributed by atoms with E-state index in [1.54, 1.807) is 4.68 Å². The predicted molar refractivity (Wildman–Crippen MR) is 61.9 cm³/mol. The predicted octanol–water partition coefficient (Wildman–Crippen LogP) is 2.25. The molecule has 0 radical (unpaired) electrons. The molecule has 0 atom stereocenters. The Morgan fingerprint density at radius 3 is 2.73 bits per heavy atom. The van der Waals surface area contributed by atoms with E-state index in [0.29, 0.717) is 12.2 Å². The second kappa shape index (κ2) is 3.95. The Kier molecular flexibility index (Phi) is 2.64. The summed E-state index contributed by atoms with van der Waals surface area (Å²) in [6.45, 7) is 0. The number of nitrogen functional groups attached to an aromatic ring is 1. The van der Waals surface area contributed by atoms with Crippen molar-refractivity contribution >= 4 is 17.4 Å². The number of rotatable bonds is 2. The van der Waals surface area contributed by atoms with E-state index >= 15 is 0 Å². The second-order valence-corrected chi connectivity index (χ2v) is 3.86. The van der Waals surface area contributed by atoms with E-state index in [1.807, 2.05) is 37.4 Å². The van der Waals surface area contributed by atoms with Gasteiger partial charge in [0.1, 0.15) is 5.82 Å². The minimum atomic E-state index is 0.664. The summed E-state index contributed by atoms with van der Waals surface area (Å²) in [5, 5.41) is 5.05. The fourth-order valence-corrected chi connectivity index (χ4v) is 1.67. The molecule has 1 aromatic carbocycles. The Morgan fingerprint density at radius 2 is 2.13 bits per heavy atom. The molecule has 15 heavy (non-hydrogen) atoms. The van der Waals surface area contributed by atoms with Crippen LogP contribution < -0.4 is 5.73 Å². The summed E-state index contributed by atoms with van der Waals surface area (Å²) in [6.07, 6.45) is 0.713. The third-order valence-electron chi connectivity index (χ3n) is 2.30. The molecule has 0 unspecified atom stereocenters. The Balaban J connectivity index is 2.26. The first-order valence-electron chi connectivity index (χ1n) is 4.68. The summed E-state index contributed by atoms with van der Waals surface area (Å²) in [4.78, 5) is 0. The van der Waals surface area contributed by atoms with Gasteiger partial charge in [-0.05, 0) is 11.6 Å². The Labute approximate surface area is 93.5 Å². The van der Waals surface area contributed by atoms with Gasteiger partial charge < -0.3 is 5.73 Å². The van der Waals surface area contributed by atoms with Gasteiger partial charge in [-0.3, -0.25) is 4.68 Å². The lowest BCUT2D eigenvalue weighted by molar-refractivity contribution is 0.759. The first-order chi connectivity index (χ1) is 7.16. The third kappa shape index (κ3) is 2.13. The zero-order valence-electron chi connectivity index (χ0n) is 8.44. The normalized spacial score (nSPS) is 10.5. The molecule has 0 saturated carbocycles. The molecule has 0 aliphatic rings. The summed E-state index contributed by atoms with van der Waals surface area (Å²) in [5.74, 6) is 0.664. The monoisotopic (exact) mass is 221 g/mol. The summed E-state index contributed by atoms with van der Waals surface area (Å²) >= 11 is 6.05. The Bertz CT molecular complexity index is 457. The fourth-order valence-electron chi connectivity index (χ4n) is 1.47. The summed E-state index contributed by atoms with van der Waals surface area (Å²) in [6, 6.07) is 9.62. The number of anilines is 1. The van der Waals surface area contributed by atoms with Crippen molar-refractivity contribution in [2.75, 3.05) is 5.73 Å².